The Morgan fingerprint density at radius 3 is 2.73 bits per heavy atom. The van der Waals surface area contributed by atoms with Crippen LogP contribution < -0.4 is 9.47 Å². The molecule has 2 aromatic rings. The van der Waals surface area contributed by atoms with Gasteiger partial charge in [0.15, 0.2) is 11.5 Å². The molecule has 0 aliphatic rings. The van der Waals surface area contributed by atoms with Crippen molar-refractivity contribution in [3.8, 4) is 11.5 Å². The molecule has 0 bridgehead atoms. The maximum absolute atomic E-state index is 13.1. The summed E-state index contributed by atoms with van der Waals surface area (Å²) in [7, 11) is 1.52. The molecule has 0 spiro atoms. The summed E-state index contributed by atoms with van der Waals surface area (Å²) < 4.78 is 29.0. The van der Waals surface area contributed by atoms with E-state index in [-0.39, 0.29) is 18.2 Å². The lowest BCUT2D eigenvalue weighted by atomic mass is 10.2. The molecule has 2 aromatic carbocycles. The highest BCUT2D eigenvalue weighted by atomic mass is 35.5. The smallest absolute Gasteiger partial charge is 0.331 e. The third-order valence-electron chi connectivity index (χ3n) is 3.34. The summed E-state index contributed by atoms with van der Waals surface area (Å²) in [5, 5.41) is 0.282. The Kier molecular flexibility index (Phi) is 7.24. The predicted octanol–water partition coefficient (Wildman–Crippen LogP) is 4.81. The van der Waals surface area contributed by atoms with Crippen LogP contribution in [0.25, 0.3) is 6.08 Å². The predicted molar refractivity (Wildman–Crippen MR) is 98.9 cm³/mol. The van der Waals surface area contributed by atoms with Crippen LogP contribution in [0.15, 0.2) is 55.1 Å². The Balaban J connectivity index is 2.12. The first-order chi connectivity index (χ1) is 12.5. The van der Waals surface area contributed by atoms with Crippen LogP contribution in [0.4, 0.5) is 4.39 Å². The number of carbonyl (C=O) groups is 1. The lowest BCUT2D eigenvalue weighted by Crippen LogP contribution is -2.00. The molecule has 6 heteroatoms. The molecule has 26 heavy (non-hydrogen) atoms. The number of esters is 1. The van der Waals surface area contributed by atoms with Gasteiger partial charge in [0, 0.05) is 11.6 Å². The van der Waals surface area contributed by atoms with Gasteiger partial charge in [-0.25, -0.2) is 9.18 Å². The van der Waals surface area contributed by atoms with Crippen molar-refractivity contribution in [3.63, 3.8) is 0 Å². The Morgan fingerprint density at radius 1 is 1.23 bits per heavy atom. The topological polar surface area (TPSA) is 44.8 Å². The lowest BCUT2D eigenvalue weighted by Gasteiger charge is -2.12. The van der Waals surface area contributed by atoms with Crippen LogP contribution in [0.3, 0.4) is 0 Å². The van der Waals surface area contributed by atoms with Crippen LogP contribution in [0.5, 0.6) is 11.5 Å². The van der Waals surface area contributed by atoms with Gasteiger partial charge < -0.3 is 14.2 Å². The average Bonchev–Trinajstić information content (AvgIpc) is 2.64. The molecular formula is C20H18ClFO4. The van der Waals surface area contributed by atoms with Crippen LogP contribution in [-0.2, 0) is 16.1 Å². The molecule has 0 aromatic heterocycles. The monoisotopic (exact) mass is 376 g/mol. The first-order valence-corrected chi connectivity index (χ1v) is 8.11. The molecule has 0 fully saturated rings. The van der Waals surface area contributed by atoms with Crippen molar-refractivity contribution in [2.75, 3.05) is 13.7 Å². The Labute approximate surface area is 156 Å². The second-order valence-corrected chi connectivity index (χ2v) is 5.59. The summed E-state index contributed by atoms with van der Waals surface area (Å²) in [6.45, 7) is 3.77. The second-order valence-electron chi connectivity index (χ2n) is 5.19. The minimum absolute atomic E-state index is 0.143. The molecule has 0 saturated heterocycles. The molecule has 0 aliphatic heterocycles. The van der Waals surface area contributed by atoms with Crippen molar-refractivity contribution in [1.82, 2.24) is 0 Å². The van der Waals surface area contributed by atoms with E-state index in [0.29, 0.717) is 17.1 Å². The molecule has 4 nitrogen and oxygen atoms in total. The van der Waals surface area contributed by atoms with E-state index in [2.05, 4.69) is 6.58 Å². The van der Waals surface area contributed by atoms with E-state index in [0.717, 1.165) is 5.56 Å². The van der Waals surface area contributed by atoms with Crippen LogP contribution >= 0.6 is 11.6 Å². The third-order valence-corrected chi connectivity index (χ3v) is 3.69. The summed E-state index contributed by atoms with van der Waals surface area (Å²) in [5.74, 6) is 0.109. The van der Waals surface area contributed by atoms with Crippen molar-refractivity contribution < 1.29 is 23.4 Å². The zero-order valence-electron chi connectivity index (χ0n) is 14.2. The molecule has 0 heterocycles. The molecule has 0 amide bonds. The van der Waals surface area contributed by atoms with Crippen molar-refractivity contribution in [3.05, 3.63) is 77.1 Å². The van der Waals surface area contributed by atoms with E-state index in [1.165, 1.54) is 31.4 Å². The fraction of sp³-hybridized carbons (Fsp3) is 0.150. The Bertz CT molecular complexity index is 817. The van der Waals surface area contributed by atoms with E-state index >= 15 is 0 Å². The quantitative estimate of drug-likeness (QED) is 0.377. The number of rotatable bonds is 8. The van der Waals surface area contributed by atoms with Gasteiger partial charge in [-0.3, -0.25) is 0 Å². The Morgan fingerprint density at radius 2 is 2.04 bits per heavy atom. The van der Waals surface area contributed by atoms with Crippen LogP contribution in [0.1, 0.15) is 11.1 Å². The minimum atomic E-state index is -0.471. The lowest BCUT2D eigenvalue weighted by molar-refractivity contribution is -0.136. The molecule has 2 rings (SSSR count). The van der Waals surface area contributed by atoms with E-state index in [4.69, 9.17) is 25.8 Å². The second kappa shape index (κ2) is 9.63. The average molecular weight is 377 g/mol. The molecule has 0 radical (unpaired) electrons. The van der Waals surface area contributed by atoms with Crippen LogP contribution in [0, 0.1) is 5.82 Å². The minimum Gasteiger partial charge on any atom is -0.493 e. The number of carbonyl (C=O) groups excluding carboxylic acids is 1. The van der Waals surface area contributed by atoms with Crippen LogP contribution in [0.2, 0.25) is 5.02 Å². The SMILES string of the molecule is C=CCOC(=O)/C=C/c1ccc(OC)c(OCc2ccc(F)cc2Cl)c1. The molecule has 0 atom stereocenters. The standard InChI is InChI=1S/C20H18ClFO4/c1-3-10-25-20(23)9-5-14-4-8-18(24-2)19(11-14)26-13-15-6-7-16(22)12-17(15)21/h3-9,11-12H,1,10,13H2,2H3/b9-5+. The van der Waals surface area contributed by atoms with Gasteiger partial charge in [-0.2, -0.15) is 0 Å². The number of hydrogen-bond donors (Lipinski definition) is 0. The zero-order valence-corrected chi connectivity index (χ0v) is 15.0. The first-order valence-electron chi connectivity index (χ1n) is 7.74. The van der Waals surface area contributed by atoms with Crippen molar-refractivity contribution in [2.45, 2.75) is 6.61 Å². The maximum atomic E-state index is 13.1. The molecule has 0 aliphatic carbocycles. The number of methoxy groups -OCH3 is 1. The fourth-order valence-electron chi connectivity index (χ4n) is 2.06. The highest BCUT2D eigenvalue weighted by Crippen LogP contribution is 2.30. The van der Waals surface area contributed by atoms with Crippen LogP contribution in [-0.4, -0.2) is 19.7 Å². The number of halogens is 2. The van der Waals surface area contributed by atoms with Gasteiger partial charge in [0.25, 0.3) is 0 Å². The summed E-state index contributed by atoms with van der Waals surface area (Å²) in [5.41, 5.74) is 1.37. The third kappa shape index (κ3) is 5.63. The highest BCUT2D eigenvalue weighted by Gasteiger charge is 2.08. The van der Waals surface area contributed by atoms with Crippen molar-refractivity contribution in [2.24, 2.45) is 0 Å². The van der Waals surface area contributed by atoms with E-state index < -0.39 is 11.8 Å². The molecular weight excluding hydrogens is 359 g/mol. The maximum Gasteiger partial charge on any atom is 0.331 e. The number of ether oxygens (including phenoxy) is 3. The van der Waals surface area contributed by atoms with Crippen molar-refractivity contribution in [1.29, 1.82) is 0 Å². The molecule has 136 valence electrons. The Hall–Kier alpha value is -2.79. The van der Waals surface area contributed by atoms with Gasteiger partial charge >= 0.3 is 5.97 Å². The number of benzene rings is 2. The van der Waals surface area contributed by atoms with E-state index in [9.17, 15) is 9.18 Å². The summed E-state index contributed by atoms with van der Waals surface area (Å²) >= 11 is 6.01. The summed E-state index contributed by atoms with van der Waals surface area (Å²) in [6, 6.07) is 9.31. The largest absolute Gasteiger partial charge is 0.493 e. The van der Waals surface area contributed by atoms with Crippen molar-refractivity contribution >= 4 is 23.6 Å². The van der Waals surface area contributed by atoms with E-state index in [1.54, 1.807) is 30.3 Å². The summed E-state index contributed by atoms with van der Waals surface area (Å²) in [4.78, 5) is 11.5. The van der Waals surface area contributed by atoms with Gasteiger partial charge in [0.05, 0.1) is 12.1 Å². The molecule has 0 saturated carbocycles. The number of hydrogen-bond acceptors (Lipinski definition) is 4. The summed E-state index contributed by atoms with van der Waals surface area (Å²) in [6.07, 6.45) is 4.40. The molecule has 0 N–H and O–H groups in total. The molecule has 0 unspecified atom stereocenters. The fourth-order valence-corrected chi connectivity index (χ4v) is 2.28. The first kappa shape index (κ1) is 19.5. The van der Waals surface area contributed by atoms with Gasteiger partial charge in [0.1, 0.15) is 19.0 Å². The van der Waals surface area contributed by atoms with E-state index in [1.807, 2.05) is 0 Å². The van der Waals surface area contributed by atoms with Gasteiger partial charge in [-0.15, -0.1) is 0 Å². The van der Waals surface area contributed by atoms with Gasteiger partial charge in [-0.1, -0.05) is 36.4 Å². The normalized spacial score (nSPS) is 10.6. The van der Waals surface area contributed by atoms with Gasteiger partial charge in [-0.05, 0) is 35.9 Å². The van der Waals surface area contributed by atoms with Gasteiger partial charge in [0.2, 0.25) is 0 Å². The highest BCUT2D eigenvalue weighted by molar-refractivity contribution is 6.31. The zero-order chi connectivity index (χ0) is 18.9.